The average Bonchev–Trinajstić information content (AvgIpc) is 3.27. The summed E-state index contributed by atoms with van der Waals surface area (Å²) >= 11 is 0. The van der Waals surface area contributed by atoms with Crippen LogP contribution < -0.4 is 16.4 Å². The van der Waals surface area contributed by atoms with E-state index >= 15 is 0 Å². The summed E-state index contributed by atoms with van der Waals surface area (Å²) in [5.41, 5.74) is 10.9. The van der Waals surface area contributed by atoms with Crippen LogP contribution in [0.25, 0.3) is 11.0 Å². The molecule has 0 saturated carbocycles. The molecule has 1 fully saturated rings. The SMILES string of the molecule is CCC(NC(=O)c1cnc2c(cnn2CC)c1NC1CCN(C(N)=O)CC1)c1ccc(C)cc1C. The Balaban J connectivity index is 1.64. The quantitative estimate of drug-likeness (QED) is 0.477. The first-order chi connectivity index (χ1) is 16.8. The van der Waals surface area contributed by atoms with Gasteiger partial charge in [-0.25, -0.2) is 14.5 Å². The average molecular weight is 478 g/mol. The number of carbonyl (C=O) groups is 2. The zero-order chi connectivity index (χ0) is 25.1. The van der Waals surface area contributed by atoms with Gasteiger partial charge in [0.05, 0.1) is 28.9 Å². The van der Waals surface area contributed by atoms with Crippen LogP contribution in [0.4, 0.5) is 10.5 Å². The van der Waals surface area contributed by atoms with Crippen molar-refractivity contribution in [2.75, 3.05) is 18.4 Å². The van der Waals surface area contributed by atoms with Crippen LogP contribution in [0.15, 0.2) is 30.6 Å². The fourth-order valence-corrected chi connectivity index (χ4v) is 4.89. The van der Waals surface area contributed by atoms with Crippen molar-refractivity contribution >= 4 is 28.7 Å². The molecule has 1 aliphatic rings. The van der Waals surface area contributed by atoms with Gasteiger partial charge in [-0.15, -0.1) is 0 Å². The lowest BCUT2D eigenvalue weighted by Crippen LogP contribution is -2.45. The van der Waals surface area contributed by atoms with Gasteiger partial charge in [-0.3, -0.25) is 4.79 Å². The number of nitrogens with zero attached hydrogens (tertiary/aromatic N) is 4. The van der Waals surface area contributed by atoms with Gasteiger partial charge in [-0.05, 0) is 51.2 Å². The maximum Gasteiger partial charge on any atom is 0.314 e. The number of fused-ring (bicyclic) bond motifs is 1. The second kappa shape index (κ2) is 10.3. The molecule has 0 spiro atoms. The lowest BCUT2D eigenvalue weighted by atomic mass is 9.97. The Kier molecular flexibility index (Phi) is 7.23. The minimum Gasteiger partial charge on any atom is -0.381 e. The van der Waals surface area contributed by atoms with Crippen molar-refractivity contribution in [3.8, 4) is 0 Å². The van der Waals surface area contributed by atoms with E-state index in [1.807, 2.05) is 11.6 Å². The van der Waals surface area contributed by atoms with Crippen LogP contribution in [0.3, 0.4) is 0 Å². The second-order valence-electron chi connectivity index (χ2n) is 9.28. The fraction of sp³-hybridized carbons (Fsp3) is 0.462. The van der Waals surface area contributed by atoms with Gasteiger partial charge in [-0.1, -0.05) is 30.7 Å². The molecule has 0 radical (unpaired) electrons. The molecule has 0 bridgehead atoms. The summed E-state index contributed by atoms with van der Waals surface area (Å²) < 4.78 is 1.82. The largest absolute Gasteiger partial charge is 0.381 e. The Morgan fingerprint density at radius 1 is 1.17 bits per heavy atom. The van der Waals surface area contributed by atoms with Crippen LogP contribution in [0.2, 0.25) is 0 Å². The normalized spacial score (nSPS) is 15.3. The number of carbonyl (C=O) groups excluding carboxylic acids is 2. The summed E-state index contributed by atoms with van der Waals surface area (Å²) in [4.78, 5) is 31.4. The maximum absolute atomic E-state index is 13.6. The van der Waals surface area contributed by atoms with Gasteiger partial charge in [0.2, 0.25) is 0 Å². The molecule has 1 saturated heterocycles. The molecule has 1 aliphatic heterocycles. The van der Waals surface area contributed by atoms with Crippen molar-refractivity contribution in [3.63, 3.8) is 0 Å². The summed E-state index contributed by atoms with van der Waals surface area (Å²) in [6.07, 6.45) is 5.67. The number of aromatic nitrogens is 3. The third kappa shape index (κ3) is 5.08. The van der Waals surface area contributed by atoms with Gasteiger partial charge >= 0.3 is 6.03 Å². The molecule has 186 valence electrons. The molecule has 3 aromatic rings. The van der Waals surface area contributed by atoms with Gasteiger partial charge in [-0.2, -0.15) is 5.10 Å². The summed E-state index contributed by atoms with van der Waals surface area (Å²) in [6.45, 7) is 10.1. The molecule has 4 rings (SSSR count). The lowest BCUT2D eigenvalue weighted by molar-refractivity contribution is 0.0936. The third-order valence-electron chi connectivity index (χ3n) is 6.88. The minimum atomic E-state index is -0.393. The van der Waals surface area contributed by atoms with E-state index in [-0.39, 0.29) is 18.0 Å². The number of amides is 3. The van der Waals surface area contributed by atoms with Crippen molar-refractivity contribution < 1.29 is 9.59 Å². The molecule has 1 atom stereocenters. The molecule has 1 unspecified atom stereocenters. The van der Waals surface area contributed by atoms with Gasteiger partial charge in [0.25, 0.3) is 5.91 Å². The number of likely N-dealkylation sites (tertiary alicyclic amines) is 1. The number of hydrogen-bond donors (Lipinski definition) is 3. The maximum atomic E-state index is 13.6. The molecular weight excluding hydrogens is 442 g/mol. The highest BCUT2D eigenvalue weighted by Crippen LogP contribution is 2.30. The standard InChI is InChI=1S/C26H35N7O2/c1-5-22(19-8-7-16(3)13-17(19)4)31-25(34)21-14-28-24-20(15-29-33(24)6-2)23(21)30-18-9-11-32(12-10-18)26(27)35/h7-8,13-15,18,22H,5-6,9-12H2,1-4H3,(H2,27,35)(H,28,30)(H,31,34). The number of nitrogens with one attached hydrogen (secondary N) is 2. The van der Waals surface area contributed by atoms with Crippen LogP contribution in [0, 0.1) is 13.8 Å². The van der Waals surface area contributed by atoms with Crippen LogP contribution in [0.5, 0.6) is 0 Å². The van der Waals surface area contributed by atoms with Gasteiger partial charge in [0.15, 0.2) is 5.65 Å². The summed E-state index contributed by atoms with van der Waals surface area (Å²) in [7, 11) is 0. The molecule has 4 N–H and O–H groups in total. The van der Waals surface area contributed by atoms with E-state index in [4.69, 9.17) is 5.73 Å². The number of primary amides is 1. The molecule has 3 amide bonds. The molecular formula is C26H35N7O2. The molecule has 9 heteroatoms. The third-order valence-corrected chi connectivity index (χ3v) is 6.88. The summed E-state index contributed by atoms with van der Waals surface area (Å²) in [6, 6.07) is 5.92. The number of rotatable bonds is 7. The second-order valence-corrected chi connectivity index (χ2v) is 9.28. The lowest BCUT2D eigenvalue weighted by Gasteiger charge is -2.32. The number of nitrogens with two attached hydrogens (primary N) is 1. The van der Waals surface area contributed by atoms with Crippen molar-refractivity contribution in [3.05, 3.63) is 52.8 Å². The van der Waals surface area contributed by atoms with Crippen molar-refractivity contribution in [2.45, 2.75) is 65.6 Å². The number of anilines is 1. The number of piperidine rings is 1. The van der Waals surface area contributed by atoms with E-state index in [1.54, 1.807) is 17.3 Å². The topological polar surface area (TPSA) is 118 Å². The highest BCUT2D eigenvalue weighted by atomic mass is 16.2. The Hall–Kier alpha value is -3.62. The number of aryl methyl sites for hydroxylation is 3. The van der Waals surface area contributed by atoms with Crippen LogP contribution in [0.1, 0.15) is 66.2 Å². The molecule has 1 aromatic carbocycles. The van der Waals surface area contributed by atoms with Crippen molar-refractivity contribution in [1.29, 1.82) is 0 Å². The van der Waals surface area contributed by atoms with E-state index in [9.17, 15) is 9.59 Å². The first kappa shape index (κ1) is 24.5. The Morgan fingerprint density at radius 2 is 1.91 bits per heavy atom. The van der Waals surface area contributed by atoms with Crippen molar-refractivity contribution in [2.24, 2.45) is 5.73 Å². The van der Waals surface area contributed by atoms with E-state index < -0.39 is 6.03 Å². The van der Waals surface area contributed by atoms with Gasteiger partial charge in [0.1, 0.15) is 0 Å². The van der Waals surface area contributed by atoms with E-state index in [2.05, 4.69) is 59.7 Å². The van der Waals surface area contributed by atoms with Crippen molar-refractivity contribution in [1.82, 2.24) is 25.0 Å². The minimum absolute atomic E-state index is 0.106. The van der Waals surface area contributed by atoms with Crippen LogP contribution in [-0.4, -0.2) is 50.7 Å². The van der Waals surface area contributed by atoms with Gasteiger partial charge < -0.3 is 21.3 Å². The van der Waals surface area contributed by atoms with Gasteiger partial charge in [0, 0.05) is 31.9 Å². The molecule has 0 aliphatic carbocycles. The molecule has 9 nitrogen and oxygen atoms in total. The fourth-order valence-electron chi connectivity index (χ4n) is 4.89. The van der Waals surface area contributed by atoms with E-state index in [0.29, 0.717) is 25.2 Å². The number of hydrogen-bond acceptors (Lipinski definition) is 5. The zero-order valence-electron chi connectivity index (χ0n) is 21.0. The molecule has 2 aromatic heterocycles. The smallest absolute Gasteiger partial charge is 0.314 e. The van der Waals surface area contributed by atoms with E-state index in [1.165, 1.54) is 5.56 Å². The number of pyridine rings is 1. The first-order valence-electron chi connectivity index (χ1n) is 12.4. The van der Waals surface area contributed by atoms with E-state index in [0.717, 1.165) is 47.1 Å². The highest BCUT2D eigenvalue weighted by Gasteiger charge is 2.26. The number of urea groups is 1. The highest BCUT2D eigenvalue weighted by molar-refractivity contribution is 6.06. The first-order valence-corrected chi connectivity index (χ1v) is 12.4. The summed E-state index contributed by atoms with van der Waals surface area (Å²) in [5.74, 6) is -0.174. The predicted molar refractivity (Wildman–Crippen MR) is 137 cm³/mol. The molecule has 3 heterocycles. The Morgan fingerprint density at radius 3 is 2.54 bits per heavy atom. The monoisotopic (exact) mass is 477 g/mol. The molecule has 35 heavy (non-hydrogen) atoms. The van der Waals surface area contributed by atoms with Crippen LogP contribution >= 0.6 is 0 Å². The number of benzene rings is 1. The predicted octanol–water partition coefficient (Wildman–Crippen LogP) is 3.90. The van der Waals surface area contributed by atoms with Crippen LogP contribution in [-0.2, 0) is 6.54 Å². The Labute approximate surface area is 206 Å². The zero-order valence-corrected chi connectivity index (χ0v) is 21.0. The Bertz CT molecular complexity index is 1230. The summed E-state index contributed by atoms with van der Waals surface area (Å²) in [5, 5.41) is 12.1.